The van der Waals surface area contributed by atoms with Crippen LogP contribution in [0.3, 0.4) is 0 Å². The highest BCUT2D eigenvalue weighted by Gasteiger charge is 2.23. The van der Waals surface area contributed by atoms with Crippen LogP contribution in [0.5, 0.6) is 0 Å². The molecule has 0 radical (unpaired) electrons. The monoisotopic (exact) mass is 280 g/mol. The van der Waals surface area contributed by atoms with Crippen LogP contribution in [0.2, 0.25) is 5.02 Å². The van der Waals surface area contributed by atoms with Gasteiger partial charge in [0.25, 0.3) is 0 Å². The number of halogens is 1. The van der Waals surface area contributed by atoms with Gasteiger partial charge in [-0.1, -0.05) is 38.3 Å². The Morgan fingerprint density at radius 3 is 2.63 bits per heavy atom. The maximum Gasteiger partial charge on any atom is 0.0452 e. The fourth-order valence-electron chi connectivity index (χ4n) is 3.02. The fraction of sp³-hybridized carbons (Fsp3) is 0.625. The van der Waals surface area contributed by atoms with Gasteiger partial charge in [0, 0.05) is 29.8 Å². The minimum Gasteiger partial charge on any atom is -0.399 e. The number of nitrogens with zero attached hydrogens (tertiary/aromatic N) is 1. The second-order valence-electron chi connectivity index (χ2n) is 6.11. The van der Waals surface area contributed by atoms with Crippen LogP contribution in [0.4, 0.5) is 5.69 Å². The lowest BCUT2D eigenvalue weighted by Gasteiger charge is -2.30. The molecule has 2 nitrogen and oxygen atoms in total. The number of anilines is 1. The Balaban J connectivity index is 2.12. The third-order valence-electron chi connectivity index (χ3n) is 3.88. The Hall–Kier alpha value is -0.730. The minimum atomic E-state index is 0.681. The standard InChI is InChI=1S/C16H25ClN2/c1-12(2)10-19(15-5-3-4-6-15)11-13-9-14(18)7-8-16(13)17/h7-9,12,15H,3-6,10-11,18H2,1-2H3. The molecule has 2 N–H and O–H groups in total. The number of rotatable bonds is 5. The minimum absolute atomic E-state index is 0.681. The quantitative estimate of drug-likeness (QED) is 0.814. The van der Waals surface area contributed by atoms with Gasteiger partial charge in [0.2, 0.25) is 0 Å². The molecule has 0 aliphatic heterocycles. The molecule has 0 unspecified atom stereocenters. The van der Waals surface area contributed by atoms with Gasteiger partial charge in [0.15, 0.2) is 0 Å². The number of nitrogen functional groups attached to an aromatic ring is 1. The second-order valence-corrected chi connectivity index (χ2v) is 6.52. The highest BCUT2D eigenvalue weighted by molar-refractivity contribution is 6.31. The van der Waals surface area contributed by atoms with Crippen LogP contribution < -0.4 is 5.73 Å². The van der Waals surface area contributed by atoms with Crippen molar-refractivity contribution in [2.45, 2.75) is 52.1 Å². The van der Waals surface area contributed by atoms with E-state index in [0.29, 0.717) is 5.92 Å². The molecule has 1 saturated carbocycles. The summed E-state index contributed by atoms with van der Waals surface area (Å²) in [6.07, 6.45) is 5.38. The van der Waals surface area contributed by atoms with E-state index < -0.39 is 0 Å². The van der Waals surface area contributed by atoms with Gasteiger partial charge in [-0.2, -0.15) is 0 Å². The number of benzene rings is 1. The molecule has 0 atom stereocenters. The van der Waals surface area contributed by atoms with Crippen LogP contribution in [-0.2, 0) is 6.54 Å². The van der Waals surface area contributed by atoms with E-state index in [1.807, 2.05) is 18.2 Å². The van der Waals surface area contributed by atoms with Gasteiger partial charge in [0.05, 0.1) is 0 Å². The Bertz CT molecular complexity index is 411. The van der Waals surface area contributed by atoms with Gasteiger partial charge in [-0.25, -0.2) is 0 Å². The van der Waals surface area contributed by atoms with Crippen molar-refractivity contribution in [2.24, 2.45) is 5.92 Å². The molecule has 1 fully saturated rings. The molecule has 1 aromatic carbocycles. The predicted molar refractivity (Wildman–Crippen MR) is 83.4 cm³/mol. The van der Waals surface area contributed by atoms with Gasteiger partial charge >= 0.3 is 0 Å². The lowest BCUT2D eigenvalue weighted by Crippen LogP contribution is -2.35. The summed E-state index contributed by atoms with van der Waals surface area (Å²) >= 11 is 6.30. The molecule has 0 heterocycles. The molecule has 0 amide bonds. The van der Waals surface area contributed by atoms with E-state index in [1.54, 1.807) is 0 Å². The van der Waals surface area contributed by atoms with Crippen LogP contribution in [0.1, 0.15) is 45.1 Å². The summed E-state index contributed by atoms with van der Waals surface area (Å²) in [4.78, 5) is 2.60. The topological polar surface area (TPSA) is 29.3 Å². The lowest BCUT2D eigenvalue weighted by molar-refractivity contribution is 0.168. The molecular weight excluding hydrogens is 256 g/mol. The first-order valence-corrected chi connectivity index (χ1v) is 7.72. The van der Waals surface area contributed by atoms with Gasteiger partial charge in [-0.15, -0.1) is 0 Å². The van der Waals surface area contributed by atoms with Gasteiger partial charge in [0.1, 0.15) is 0 Å². The zero-order valence-corrected chi connectivity index (χ0v) is 12.8. The van der Waals surface area contributed by atoms with Crippen molar-refractivity contribution >= 4 is 17.3 Å². The highest BCUT2D eigenvalue weighted by atomic mass is 35.5. The van der Waals surface area contributed by atoms with Crippen LogP contribution >= 0.6 is 11.6 Å². The molecule has 2 rings (SSSR count). The van der Waals surface area contributed by atoms with Crippen LogP contribution in [0.25, 0.3) is 0 Å². The molecule has 106 valence electrons. The zero-order chi connectivity index (χ0) is 13.8. The molecule has 1 aliphatic carbocycles. The maximum atomic E-state index is 6.30. The number of hydrogen-bond donors (Lipinski definition) is 1. The van der Waals surface area contributed by atoms with Crippen molar-refractivity contribution < 1.29 is 0 Å². The fourth-order valence-corrected chi connectivity index (χ4v) is 3.19. The Kier molecular flexibility index (Phi) is 5.12. The van der Waals surface area contributed by atoms with Crippen molar-refractivity contribution in [3.05, 3.63) is 28.8 Å². The average Bonchev–Trinajstić information content (AvgIpc) is 2.86. The number of nitrogens with two attached hydrogens (primary N) is 1. The van der Waals surface area contributed by atoms with E-state index >= 15 is 0 Å². The van der Waals surface area contributed by atoms with Crippen LogP contribution in [-0.4, -0.2) is 17.5 Å². The Morgan fingerprint density at radius 2 is 2.00 bits per heavy atom. The van der Waals surface area contributed by atoms with Crippen LogP contribution in [0.15, 0.2) is 18.2 Å². The van der Waals surface area contributed by atoms with Crippen LogP contribution in [0, 0.1) is 5.92 Å². The highest BCUT2D eigenvalue weighted by Crippen LogP contribution is 2.28. The van der Waals surface area contributed by atoms with Gasteiger partial charge < -0.3 is 5.73 Å². The first-order valence-electron chi connectivity index (χ1n) is 7.34. The van der Waals surface area contributed by atoms with Gasteiger partial charge in [-0.3, -0.25) is 4.90 Å². The summed E-state index contributed by atoms with van der Waals surface area (Å²) in [5.74, 6) is 0.681. The molecular formula is C16H25ClN2. The van der Waals surface area contributed by atoms with E-state index in [0.717, 1.165) is 35.4 Å². The molecule has 0 saturated heterocycles. The van der Waals surface area contributed by atoms with Crippen molar-refractivity contribution in [2.75, 3.05) is 12.3 Å². The summed E-state index contributed by atoms with van der Waals surface area (Å²) in [5.41, 5.74) is 7.84. The van der Waals surface area contributed by atoms with E-state index in [-0.39, 0.29) is 0 Å². The van der Waals surface area contributed by atoms with E-state index in [2.05, 4.69) is 18.7 Å². The third kappa shape index (κ3) is 4.12. The summed E-state index contributed by atoms with van der Waals surface area (Å²) in [7, 11) is 0. The molecule has 0 bridgehead atoms. The zero-order valence-electron chi connectivity index (χ0n) is 12.0. The molecule has 0 aromatic heterocycles. The largest absolute Gasteiger partial charge is 0.399 e. The SMILES string of the molecule is CC(C)CN(Cc1cc(N)ccc1Cl)C1CCCC1. The van der Waals surface area contributed by atoms with Crippen molar-refractivity contribution in [1.82, 2.24) is 4.90 Å². The van der Waals surface area contributed by atoms with E-state index in [4.69, 9.17) is 17.3 Å². The number of hydrogen-bond acceptors (Lipinski definition) is 2. The Labute approximate surface area is 121 Å². The second kappa shape index (κ2) is 6.62. The molecule has 19 heavy (non-hydrogen) atoms. The van der Waals surface area contributed by atoms with Crippen molar-refractivity contribution in [1.29, 1.82) is 0 Å². The van der Waals surface area contributed by atoms with E-state index in [9.17, 15) is 0 Å². The maximum absolute atomic E-state index is 6.30. The van der Waals surface area contributed by atoms with Crippen molar-refractivity contribution in [3.63, 3.8) is 0 Å². The van der Waals surface area contributed by atoms with E-state index in [1.165, 1.54) is 25.7 Å². The third-order valence-corrected chi connectivity index (χ3v) is 4.25. The lowest BCUT2D eigenvalue weighted by atomic mass is 10.1. The predicted octanol–water partition coefficient (Wildman–Crippen LogP) is 4.32. The molecule has 3 heteroatoms. The first-order chi connectivity index (χ1) is 9.06. The summed E-state index contributed by atoms with van der Waals surface area (Å²) in [5, 5.41) is 0.834. The van der Waals surface area contributed by atoms with Crippen molar-refractivity contribution in [3.8, 4) is 0 Å². The molecule has 1 aliphatic rings. The summed E-state index contributed by atoms with van der Waals surface area (Å²) in [6, 6.07) is 6.52. The Morgan fingerprint density at radius 1 is 1.32 bits per heavy atom. The summed E-state index contributed by atoms with van der Waals surface area (Å²) in [6.45, 7) is 6.62. The first kappa shape index (κ1) is 14.7. The van der Waals surface area contributed by atoms with Gasteiger partial charge in [-0.05, 0) is 42.5 Å². The smallest absolute Gasteiger partial charge is 0.0452 e. The molecule has 0 spiro atoms. The normalized spacial score (nSPS) is 16.7. The molecule has 1 aromatic rings. The average molecular weight is 281 g/mol. The summed E-state index contributed by atoms with van der Waals surface area (Å²) < 4.78 is 0.